The summed E-state index contributed by atoms with van der Waals surface area (Å²) in [4.78, 5) is 24.0. The highest BCUT2D eigenvalue weighted by atomic mass is 16.5. The van der Waals surface area contributed by atoms with Crippen LogP contribution in [-0.4, -0.2) is 53.4 Å². The van der Waals surface area contributed by atoms with Crippen LogP contribution in [0.1, 0.15) is 36.6 Å². The SMILES string of the molecule is O=C(Cc1noc2ccccc12)NC1CCN(c2nccc(C3CCOCC3)n2)C1. The lowest BCUT2D eigenvalue weighted by atomic mass is 9.96. The number of hydrogen-bond acceptors (Lipinski definition) is 7. The van der Waals surface area contributed by atoms with E-state index in [-0.39, 0.29) is 18.4 Å². The summed E-state index contributed by atoms with van der Waals surface area (Å²) >= 11 is 0. The van der Waals surface area contributed by atoms with E-state index in [0.29, 0.717) is 23.7 Å². The summed E-state index contributed by atoms with van der Waals surface area (Å²) in [5.41, 5.74) is 2.47. The summed E-state index contributed by atoms with van der Waals surface area (Å²) in [5, 5.41) is 8.06. The third kappa shape index (κ3) is 4.00. The highest BCUT2D eigenvalue weighted by Crippen LogP contribution is 2.27. The van der Waals surface area contributed by atoms with Crippen molar-refractivity contribution in [1.82, 2.24) is 20.4 Å². The zero-order valence-corrected chi connectivity index (χ0v) is 16.8. The Morgan fingerprint density at radius 3 is 2.93 bits per heavy atom. The van der Waals surface area contributed by atoms with Gasteiger partial charge in [-0.05, 0) is 37.5 Å². The summed E-state index contributed by atoms with van der Waals surface area (Å²) < 4.78 is 10.8. The topological polar surface area (TPSA) is 93.4 Å². The molecule has 2 saturated heterocycles. The number of anilines is 1. The van der Waals surface area contributed by atoms with Gasteiger partial charge in [0.1, 0.15) is 5.69 Å². The van der Waals surface area contributed by atoms with Gasteiger partial charge in [-0.2, -0.15) is 0 Å². The zero-order chi connectivity index (χ0) is 20.3. The molecule has 156 valence electrons. The summed E-state index contributed by atoms with van der Waals surface area (Å²) in [5.74, 6) is 1.15. The number of rotatable bonds is 5. The Balaban J connectivity index is 1.19. The molecule has 1 amide bonds. The van der Waals surface area contributed by atoms with E-state index < -0.39 is 0 Å². The molecule has 0 bridgehead atoms. The lowest BCUT2D eigenvalue weighted by Gasteiger charge is -2.23. The Bertz CT molecular complexity index is 1030. The van der Waals surface area contributed by atoms with Gasteiger partial charge in [0.25, 0.3) is 0 Å². The molecule has 1 unspecified atom stereocenters. The van der Waals surface area contributed by atoms with E-state index in [4.69, 9.17) is 14.2 Å². The smallest absolute Gasteiger partial charge is 0.226 e. The monoisotopic (exact) mass is 407 g/mol. The molecule has 2 aliphatic rings. The number of hydrogen-bond donors (Lipinski definition) is 1. The maximum Gasteiger partial charge on any atom is 0.226 e. The van der Waals surface area contributed by atoms with Crippen molar-refractivity contribution < 1.29 is 14.1 Å². The predicted molar refractivity (Wildman–Crippen MR) is 111 cm³/mol. The van der Waals surface area contributed by atoms with Gasteiger partial charge in [-0.15, -0.1) is 0 Å². The molecule has 30 heavy (non-hydrogen) atoms. The van der Waals surface area contributed by atoms with Gasteiger partial charge in [-0.3, -0.25) is 4.79 Å². The summed E-state index contributed by atoms with van der Waals surface area (Å²) in [7, 11) is 0. The number of carbonyl (C=O) groups is 1. The van der Waals surface area contributed by atoms with E-state index in [1.165, 1.54) is 0 Å². The van der Waals surface area contributed by atoms with Crippen LogP contribution in [-0.2, 0) is 16.0 Å². The maximum atomic E-state index is 12.6. The number of benzene rings is 1. The van der Waals surface area contributed by atoms with Crippen molar-refractivity contribution in [3.05, 3.63) is 47.9 Å². The minimum absolute atomic E-state index is 0.0437. The zero-order valence-electron chi connectivity index (χ0n) is 16.8. The fraction of sp³-hybridized carbons (Fsp3) is 0.455. The van der Waals surface area contributed by atoms with Gasteiger partial charge in [-0.25, -0.2) is 9.97 Å². The average Bonchev–Trinajstić information content (AvgIpc) is 3.42. The molecule has 8 nitrogen and oxygen atoms in total. The molecular weight excluding hydrogens is 382 g/mol. The minimum Gasteiger partial charge on any atom is -0.381 e. The molecule has 1 aromatic carbocycles. The number of nitrogens with zero attached hydrogens (tertiary/aromatic N) is 4. The fourth-order valence-electron chi connectivity index (χ4n) is 4.29. The van der Waals surface area contributed by atoms with E-state index in [1.54, 1.807) is 0 Å². The molecule has 1 N–H and O–H groups in total. The molecule has 0 radical (unpaired) electrons. The number of ether oxygens (including phenoxy) is 1. The van der Waals surface area contributed by atoms with Crippen LogP contribution in [0, 0.1) is 0 Å². The normalized spacial score (nSPS) is 20.0. The molecule has 2 fully saturated rings. The maximum absolute atomic E-state index is 12.6. The van der Waals surface area contributed by atoms with Crippen LogP contribution in [0.25, 0.3) is 11.0 Å². The Morgan fingerprint density at radius 1 is 1.17 bits per heavy atom. The average molecular weight is 407 g/mol. The van der Waals surface area contributed by atoms with Crippen molar-refractivity contribution >= 4 is 22.8 Å². The van der Waals surface area contributed by atoms with Crippen LogP contribution >= 0.6 is 0 Å². The number of para-hydroxylation sites is 1. The van der Waals surface area contributed by atoms with E-state index in [0.717, 1.165) is 56.0 Å². The van der Waals surface area contributed by atoms with Gasteiger partial charge in [0, 0.05) is 55.5 Å². The van der Waals surface area contributed by atoms with Gasteiger partial charge in [0.05, 0.1) is 6.42 Å². The lowest BCUT2D eigenvalue weighted by molar-refractivity contribution is -0.121. The first-order valence-corrected chi connectivity index (χ1v) is 10.5. The van der Waals surface area contributed by atoms with Crippen LogP contribution in [0.2, 0.25) is 0 Å². The third-order valence-electron chi connectivity index (χ3n) is 5.92. The Hall–Kier alpha value is -3.00. The Morgan fingerprint density at radius 2 is 2.03 bits per heavy atom. The van der Waals surface area contributed by atoms with Gasteiger partial charge in [0.15, 0.2) is 5.58 Å². The molecule has 5 rings (SSSR count). The predicted octanol–water partition coefficient (Wildman–Crippen LogP) is 2.45. The number of amides is 1. The van der Waals surface area contributed by atoms with Gasteiger partial charge < -0.3 is 19.5 Å². The molecule has 3 aromatic rings. The Labute approximate surface area is 174 Å². The Kier molecular flexibility index (Phi) is 5.31. The lowest BCUT2D eigenvalue weighted by Crippen LogP contribution is -2.38. The first kappa shape index (κ1) is 19.0. The van der Waals surface area contributed by atoms with Crippen molar-refractivity contribution in [2.45, 2.75) is 37.6 Å². The van der Waals surface area contributed by atoms with E-state index in [2.05, 4.69) is 20.4 Å². The summed E-state index contributed by atoms with van der Waals surface area (Å²) in [6.45, 7) is 3.13. The fourth-order valence-corrected chi connectivity index (χ4v) is 4.29. The van der Waals surface area contributed by atoms with Gasteiger partial charge in [0.2, 0.25) is 11.9 Å². The second-order valence-electron chi connectivity index (χ2n) is 7.97. The second kappa shape index (κ2) is 8.39. The molecule has 0 saturated carbocycles. The van der Waals surface area contributed by atoms with Crippen molar-refractivity contribution in [2.75, 3.05) is 31.2 Å². The molecule has 0 spiro atoms. The number of aromatic nitrogens is 3. The van der Waals surface area contributed by atoms with Crippen LogP contribution < -0.4 is 10.2 Å². The largest absolute Gasteiger partial charge is 0.381 e. The standard InChI is InChI=1S/C22H25N5O3/c28-21(13-19-17-3-1-2-4-20(17)30-26-19)24-16-6-10-27(14-16)22-23-9-5-18(25-22)15-7-11-29-12-8-15/h1-5,9,15-16H,6-8,10-14H2,(H,24,28). The van der Waals surface area contributed by atoms with Crippen LogP contribution in [0.5, 0.6) is 0 Å². The van der Waals surface area contributed by atoms with Crippen LogP contribution in [0.15, 0.2) is 41.1 Å². The summed E-state index contributed by atoms with van der Waals surface area (Å²) in [6, 6.07) is 9.68. The van der Waals surface area contributed by atoms with Gasteiger partial charge in [-0.1, -0.05) is 17.3 Å². The first-order valence-electron chi connectivity index (χ1n) is 10.5. The second-order valence-corrected chi connectivity index (χ2v) is 7.97. The van der Waals surface area contributed by atoms with E-state index in [1.807, 2.05) is 36.5 Å². The highest BCUT2D eigenvalue weighted by molar-refractivity contribution is 5.86. The highest BCUT2D eigenvalue weighted by Gasteiger charge is 2.27. The van der Waals surface area contributed by atoms with Crippen LogP contribution in [0.4, 0.5) is 5.95 Å². The molecule has 2 aliphatic heterocycles. The van der Waals surface area contributed by atoms with Crippen molar-refractivity contribution in [3.8, 4) is 0 Å². The number of nitrogens with one attached hydrogen (secondary N) is 1. The number of carbonyl (C=O) groups excluding carboxylic acids is 1. The molecule has 8 heteroatoms. The van der Waals surface area contributed by atoms with E-state index >= 15 is 0 Å². The van der Waals surface area contributed by atoms with Crippen molar-refractivity contribution in [3.63, 3.8) is 0 Å². The van der Waals surface area contributed by atoms with Gasteiger partial charge >= 0.3 is 0 Å². The van der Waals surface area contributed by atoms with Crippen molar-refractivity contribution in [1.29, 1.82) is 0 Å². The molecular formula is C22H25N5O3. The molecule has 4 heterocycles. The third-order valence-corrected chi connectivity index (χ3v) is 5.92. The minimum atomic E-state index is -0.0437. The summed E-state index contributed by atoms with van der Waals surface area (Å²) in [6.07, 6.45) is 4.94. The molecule has 1 atom stereocenters. The first-order chi connectivity index (χ1) is 14.8. The van der Waals surface area contributed by atoms with Crippen LogP contribution in [0.3, 0.4) is 0 Å². The molecule has 2 aromatic heterocycles. The van der Waals surface area contributed by atoms with Crippen molar-refractivity contribution in [2.24, 2.45) is 0 Å². The molecule has 0 aliphatic carbocycles. The number of fused-ring (bicyclic) bond motifs is 1. The van der Waals surface area contributed by atoms with E-state index in [9.17, 15) is 4.79 Å². The quantitative estimate of drug-likeness (QED) is 0.694.